The van der Waals surface area contributed by atoms with Crippen LogP contribution in [0.5, 0.6) is 5.75 Å². The number of anilines is 2. The van der Waals surface area contributed by atoms with Crippen molar-refractivity contribution in [3.05, 3.63) is 74.4 Å². The molecule has 7 heteroatoms. The molecule has 1 N–H and O–H groups in total. The average Bonchev–Trinajstić information content (AvgIpc) is 3.08. The topological polar surface area (TPSA) is 41.6 Å². The summed E-state index contributed by atoms with van der Waals surface area (Å²) in [6.45, 7) is 0.731. The molecule has 0 aliphatic heterocycles. The number of amides is 1. The van der Waals surface area contributed by atoms with Crippen LogP contribution in [0.25, 0.3) is 0 Å². The van der Waals surface area contributed by atoms with Gasteiger partial charge in [0.1, 0.15) is 5.75 Å². The molecule has 0 aliphatic carbocycles. The number of nitrogens with one attached hydrogen (secondary N) is 1. The summed E-state index contributed by atoms with van der Waals surface area (Å²) < 4.78 is 5.96. The number of nitrogens with zero attached hydrogens (tertiary/aromatic N) is 1. The third kappa shape index (κ3) is 5.41. The first kappa shape index (κ1) is 20.5. The van der Waals surface area contributed by atoms with Crippen LogP contribution in [0.4, 0.5) is 11.4 Å². The van der Waals surface area contributed by atoms with Gasteiger partial charge in [-0.05, 0) is 48.0 Å². The van der Waals surface area contributed by atoms with E-state index in [-0.39, 0.29) is 12.3 Å². The molecule has 1 heterocycles. The van der Waals surface area contributed by atoms with E-state index in [0.717, 1.165) is 27.9 Å². The average molecular weight is 435 g/mol. The third-order valence-electron chi connectivity index (χ3n) is 4.19. The van der Waals surface area contributed by atoms with Gasteiger partial charge in [-0.3, -0.25) is 4.79 Å². The number of benzene rings is 2. The van der Waals surface area contributed by atoms with Crippen LogP contribution in [0, 0.1) is 0 Å². The number of thiophene rings is 1. The van der Waals surface area contributed by atoms with Crippen LogP contribution in [0.2, 0.25) is 9.36 Å². The van der Waals surface area contributed by atoms with E-state index in [0.29, 0.717) is 10.7 Å². The predicted molar refractivity (Wildman–Crippen MR) is 118 cm³/mol. The molecule has 0 saturated carbocycles. The Morgan fingerprint density at radius 2 is 1.96 bits per heavy atom. The van der Waals surface area contributed by atoms with Crippen molar-refractivity contribution in [1.82, 2.24) is 0 Å². The molecule has 0 saturated heterocycles. The first-order valence-corrected chi connectivity index (χ1v) is 10.2. The molecule has 0 unspecified atom stereocenters. The number of halogens is 2. The maximum absolute atomic E-state index is 12.4. The van der Waals surface area contributed by atoms with Gasteiger partial charge in [0.15, 0.2) is 0 Å². The number of ether oxygens (including phenoxy) is 1. The number of hydrogen-bond donors (Lipinski definition) is 1. The number of methoxy groups -OCH3 is 1. The van der Waals surface area contributed by atoms with Gasteiger partial charge in [-0.25, -0.2) is 0 Å². The Morgan fingerprint density at radius 1 is 1.14 bits per heavy atom. The van der Waals surface area contributed by atoms with Crippen LogP contribution < -0.4 is 15.0 Å². The van der Waals surface area contributed by atoms with Gasteiger partial charge in [0.25, 0.3) is 0 Å². The highest BCUT2D eigenvalue weighted by atomic mass is 35.5. The second kappa shape index (κ2) is 9.32. The zero-order valence-electron chi connectivity index (χ0n) is 15.5. The van der Waals surface area contributed by atoms with Crippen LogP contribution in [0.3, 0.4) is 0 Å². The minimum Gasteiger partial charge on any atom is -0.497 e. The van der Waals surface area contributed by atoms with E-state index >= 15 is 0 Å². The Bertz CT molecular complexity index is 975. The lowest BCUT2D eigenvalue weighted by atomic mass is 10.1. The number of hydrogen-bond acceptors (Lipinski definition) is 4. The van der Waals surface area contributed by atoms with Gasteiger partial charge in [0, 0.05) is 17.6 Å². The first-order valence-electron chi connectivity index (χ1n) is 8.62. The Labute approximate surface area is 178 Å². The molecule has 0 atom stereocenters. The van der Waals surface area contributed by atoms with E-state index in [4.69, 9.17) is 27.9 Å². The molecular weight excluding hydrogens is 415 g/mol. The molecule has 4 nitrogen and oxygen atoms in total. The minimum atomic E-state index is -0.135. The van der Waals surface area contributed by atoms with E-state index < -0.39 is 0 Å². The number of carbonyl (C=O) groups is 1. The molecule has 0 aliphatic rings. The molecule has 2 aromatic carbocycles. The van der Waals surface area contributed by atoms with E-state index in [9.17, 15) is 4.79 Å². The minimum absolute atomic E-state index is 0.135. The summed E-state index contributed by atoms with van der Waals surface area (Å²) in [5, 5.41) is 3.36. The summed E-state index contributed by atoms with van der Waals surface area (Å²) >= 11 is 13.9. The second-order valence-electron chi connectivity index (χ2n) is 6.30. The van der Waals surface area contributed by atoms with Crippen LogP contribution in [0.1, 0.15) is 10.4 Å². The van der Waals surface area contributed by atoms with Gasteiger partial charge in [0.2, 0.25) is 5.91 Å². The Balaban J connectivity index is 1.63. The largest absolute Gasteiger partial charge is 0.497 e. The van der Waals surface area contributed by atoms with Gasteiger partial charge in [0.05, 0.1) is 35.1 Å². The van der Waals surface area contributed by atoms with Crippen molar-refractivity contribution < 1.29 is 9.53 Å². The maximum atomic E-state index is 12.4. The molecule has 1 amide bonds. The van der Waals surface area contributed by atoms with E-state index in [1.807, 2.05) is 61.6 Å². The molecule has 3 aromatic rings. The van der Waals surface area contributed by atoms with E-state index in [1.54, 1.807) is 18.4 Å². The molecule has 28 heavy (non-hydrogen) atoms. The second-order valence-corrected chi connectivity index (χ2v) is 8.51. The Kier molecular flexibility index (Phi) is 6.83. The standard InChI is InChI=1S/C21H20Cl2N2O2S/c1-25(13-17-7-9-20(23)28-17)15-6-8-19(18(22)12-15)24-21(26)11-14-4-3-5-16(10-14)27-2/h3-10,12H,11,13H2,1-2H3,(H,24,26). The van der Waals surface area contributed by atoms with Crippen molar-refractivity contribution >= 4 is 51.8 Å². The maximum Gasteiger partial charge on any atom is 0.228 e. The Morgan fingerprint density at radius 3 is 2.64 bits per heavy atom. The van der Waals surface area contributed by atoms with Gasteiger partial charge in [-0.15, -0.1) is 11.3 Å². The fourth-order valence-corrected chi connectivity index (χ4v) is 4.13. The van der Waals surface area contributed by atoms with Crippen LogP contribution in [-0.2, 0) is 17.8 Å². The molecule has 146 valence electrons. The molecule has 0 fully saturated rings. The van der Waals surface area contributed by atoms with Crippen molar-refractivity contribution in [1.29, 1.82) is 0 Å². The summed E-state index contributed by atoms with van der Waals surface area (Å²) in [5.74, 6) is 0.590. The van der Waals surface area contributed by atoms with Gasteiger partial charge in [-0.2, -0.15) is 0 Å². The lowest BCUT2D eigenvalue weighted by Gasteiger charge is -2.19. The highest BCUT2D eigenvalue weighted by Gasteiger charge is 2.11. The fraction of sp³-hybridized carbons (Fsp3) is 0.190. The molecule has 0 radical (unpaired) electrons. The van der Waals surface area contributed by atoms with Crippen molar-refractivity contribution in [2.24, 2.45) is 0 Å². The predicted octanol–water partition coefficient (Wildman–Crippen LogP) is 5.88. The monoisotopic (exact) mass is 434 g/mol. The summed E-state index contributed by atoms with van der Waals surface area (Å²) in [6.07, 6.45) is 0.244. The molecular formula is C21H20Cl2N2O2S. The van der Waals surface area contributed by atoms with Crippen LogP contribution in [0.15, 0.2) is 54.6 Å². The number of rotatable bonds is 7. The van der Waals surface area contributed by atoms with Gasteiger partial charge < -0.3 is 15.0 Å². The van der Waals surface area contributed by atoms with Crippen molar-refractivity contribution in [2.45, 2.75) is 13.0 Å². The SMILES string of the molecule is COc1cccc(CC(=O)Nc2ccc(N(C)Cc3ccc(Cl)s3)cc2Cl)c1. The third-order valence-corrected chi connectivity index (χ3v) is 5.72. The van der Waals surface area contributed by atoms with Gasteiger partial charge >= 0.3 is 0 Å². The van der Waals surface area contributed by atoms with Crippen molar-refractivity contribution in [3.63, 3.8) is 0 Å². The molecule has 0 bridgehead atoms. The zero-order valence-corrected chi connectivity index (χ0v) is 17.9. The highest BCUT2D eigenvalue weighted by Crippen LogP contribution is 2.29. The van der Waals surface area contributed by atoms with Crippen molar-refractivity contribution in [3.8, 4) is 5.75 Å². The van der Waals surface area contributed by atoms with Crippen LogP contribution in [-0.4, -0.2) is 20.1 Å². The van der Waals surface area contributed by atoms with E-state index in [1.165, 1.54) is 4.88 Å². The quantitative estimate of drug-likeness (QED) is 0.504. The number of carbonyl (C=O) groups excluding carboxylic acids is 1. The highest BCUT2D eigenvalue weighted by molar-refractivity contribution is 7.16. The van der Waals surface area contributed by atoms with Crippen molar-refractivity contribution in [2.75, 3.05) is 24.4 Å². The lowest BCUT2D eigenvalue weighted by Crippen LogP contribution is -2.17. The summed E-state index contributed by atoms with van der Waals surface area (Å²) in [4.78, 5) is 15.6. The normalized spacial score (nSPS) is 10.6. The summed E-state index contributed by atoms with van der Waals surface area (Å²) in [5.41, 5.74) is 2.42. The summed E-state index contributed by atoms with van der Waals surface area (Å²) in [7, 11) is 3.59. The van der Waals surface area contributed by atoms with Gasteiger partial charge in [-0.1, -0.05) is 35.3 Å². The zero-order chi connectivity index (χ0) is 20.1. The smallest absolute Gasteiger partial charge is 0.228 e. The molecule has 1 aromatic heterocycles. The molecule has 3 rings (SSSR count). The molecule has 0 spiro atoms. The van der Waals surface area contributed by atoms with Crippen LogP contribution >= 0.6 is 34.5 Å². The lowest BCUT2D eigenvalue weighted by molar-refractivity contribution is -0.115. The summed E-state index contributed by atoms with van der Waals surface area (Å²) in [6, 6.07) is 16.9. The first-order chi connectivity index (χ1) is 13.4. The fourth-order valence-electron chi connectivity index (χ4n) is 2.77. The van der Waals surface area contributed by atoms with E-state index in [2.05, 4.69) is 10.2 Å². The Hall–Kier alpha value is -2.21.